The normalized spacial score (nSPS) is 17.3. The van der Waals surface area contributed by atoms with Gasteiger partial charge in [0.15, 0.2) is 5.82 Å². The van der Waals surface area contributed by atoms with Crippen molar-refractivity contribution in [3.05, 3.63) is 47.1 Å². The minimum Gasteiger partial charge on any atom is -0.481 e. The highest BCUT2D eigenvalue weighted by Crippen LogP contribution is 2.38. The van der Waals surface area contributed by atoms with E-state index in [9.17, 15) is 4.79 Å². The van der Waals surface area contributed by atoms with E-state index in [0.717, 1.165) is 6.42 Å². The van der Waals surface area contributed by atoms with Crippen molar-refractivity contribution in [2.45, 2.75) is 18.8 Å². The second-order valence-corrected chi connectivity index (χ2v) is 4.07. The zero-order valence-corrected chi connectivity index (χ0v) is 8.96. The minimum absolute atomic E-state index is 0.150. The summed E-state index contributed by atoms with van der Waals surface area (Å²) in [6.07, 6.45) is 0.670. The van der Waals surface area contributed by atoms with Crippen molar-refractivity contribution in [1.82, 2.24) is 10.1 Å². The van der Waals surface area contributed by atoms with Crippen LogP contribution in [-0.2, 0) is 17.6 Å². The molecule has 1 aromatic carbocycles. The molecule has 1 unspecified atom stereocenters. The lowest BCUT2D eigenvalue weighted by Crippen LogP contribution is -2.19. The van der Waals surface area contributed by atoms with E-state index in [2.05, 4.69) is 16.2 Å². The van der Waals surface area contributed by atoms with Crippen molar-refractivity contribution in [3.8, 4) is 0 Å². The van der Waals surface area contributed by atoms with Gasteiger partial charge in [0, 0.05) is 0 Å². The summed E-state index contributed by atoms with van der Waals surface area (Å²) in [5, 5.41) is 12.5. The summed E-state index contributed by atoms with van der Waals surface area (Å²) in [4.78, 5) is 14.6. The Hall–Kier alpha value is -2.17. The van der Waals surface area contributed by atoms with Gasteiger partial charge in [-0.1, -0.05) is 29.4 Å². The zero-order chi connectivity index (χ0) is 11.8. The van der Waals surface area contributed by atoms with Gasteiger partial charge in [0.2, 0.25) is 5.89 Å². The molecule has 0 fully saturated rings. The zero-order valence-electron chi connectivity index (χ0n) is 8.96. The Kier molecular flexibility index (Phi) is 2.18. The largest absolute Gasteiger partial charge is 0.481 e. The Morgan fingerprint density at radius 2 is 2.29 bits per heavy atom. The van der Waals surface area contributed by atoms with E-state index in [1.54, 1.807) is 0 Å². The molecule has 0 saturated carbocycles. The lowest BCUT2D eigenvalue weighted by molar-refractivity contribution is -0.136. The molecule has 5 nitrogen and oxygen atoms in total. The maximum atomic E-state index is 10.5. The molecule has 2 aromatic rings. The van der Waals surface area contributed by atoms with E-state index in [4.69, 9.17) is 9.63 Å². The van der Waals surface area contributed by atoms with Crippen molar-refractivity contribution in [3.63, 3.8) is 0 Å². The number of aliphatic carboxylic acids is 1. The summed E-state index contributed by atoms with van der Waals surface area (Å²) in [5.41, 5.74) is 2.50. The Morgan fingerprint density at radius 1 is 1.47 bits per heavy atom. The first kappa shape index (κ1) is 10.0. The number of nitrogens with zero attached hydrogens (tertiary/aromatic N) is 2. The topological polar surface area (TPSA) is 76.2 Å². The molecule has 86 valence electrons. The van der Waals surface area contributed by atoms with Gasteiger partial charge in [-0.3, -0.25) is 4.79 Å². The second-order valence-electron chi connectivity index (χ2n) is 4.07. The van der Waals surface area contributed by atoms with Crippen molar-refractivity contribution in [1.29, 1.82) is 0 Å². The molecular weight excluding hydrogens is 220 g/mol. The molecule has 1 aliphatic rings. The summed E-state index contributed by atoms with van der Waals surface area (Å²) in [5.74, 6) is -0.0662. The molecule has 0 aliphatic heterocycles. The first-order valence-electron chi connectivity index (χ1n) is 5.36. The van der Waals surface area contributed by atoms with E-state index in [-0.39, 0.29) is 18.2 Å². The van der Waals surface area contributed by atoms with E-state index in [0.29, 0.717) is 5.82 Å². The minimum atomic E-state index is -0.964. The third-order valence-electron chi connectivity index (χ3n) is 2.95. The lowest BCUT2D eigenvalue weighted by Gasteiger charge is -2.27. The number of carboxylic acids is 1. The molecular formula is C12H10N2O3. The van der Waals surface area contributed by atoms with Gasteiger partial charge < -0.3 is 9.63 Å². The fraction of sp³-hybridized carbons (Fsp3) is 0.250. The summed E-state index contributed by atoms with van der Waals surface area (Å²) < 4.78 is 4.91. The number of carbonyl (C=O) groups is 1. The number of carboxylic acid groups (broad SMARTS) is 1. The van der Waals surface area contributed by atoms with Gasteiger partial charge in [0.1, 0.15) is 6.42 Å². The predicted molar refractivity (Wildman–Crippen MR) is 57.6 cm³/mol. The van der Waals surface area contributed by atoms with Crippen LogP contribution in [0, 0.1) is 0 Å². The van der Waals surface area contributed by atoms with E-state index in [1.807, 2.05) is 18.2 Å². The first-order chi connectivity index (χ1) is 8.24. The number of rotatable bonds is 3. The molecule has 0 saturated heterocycles. The van der Waals surface area contributed by atoms with Crippen molar-refractivity contribution in [2.24, 2.45) is 0 Å². The van der Waals surface area contributed by atoms with Crippen molar-refractivity contribution in [2.75, 3.05) is 0 Å². The highest BCUT2D eigenvalue weighted by molar-refractivity contribution is 5.68. The Bertz CT molecular complexity index is 577. The standard InChI is InChI=1S/C12H10N2O3/c15-11(16)6-10-13-12(14-17-10)9-5-7-3-1-2-4-8(7)9/h1-4,9H,5-6H2,(H,15,16). The number of fused-ring (bicyclic) bond motifs is 1. The monoisotopic (exact) mass is 230 g/mol. The van der Waals surface area contributed by atoms with Crippen LogP contribution in [0.3, 0.4) is 0 Å². The number of hydrogen-bond donors (Lipinski definition) is 1. The summed E-state index contributed by atoms with van der Waals surface area (Å²) in [6.45, 7) is 0. The Balaban J connectivity index is 1.83. The molecule has 0 amide bonds. The van der Waals surface area contributed by atoms with Crippen LogP contribution in [0.5, 0.6) is 0 Å². The maximum Gasteiger partial charge on any atom is 0.312 e. The van der Waals surface area contributed by atoms with Crippen molar-refractivity contribution >= 4 is 5.97 Å². The fourth-order valence-corrected chi connectivity index (χ4v) is 2.10. The van der Waals surface area contributed by atoms with Gasteiger partial charge in [-0.25, -0.2) is 0 Å². The molecule has 1 atom stereocenters. The SMILES string of the molecule is O=C(O)Cc1nc(C2Cc3ccccc32)no1. The fourth-order valence-electron chi connectivity index (χ4n) is 2.10. The molecule has 17 heavy (non-hydrogen) atoms. The third kappa shape index (κ3) is 1.69. The second kappa shape index (κ2) is 3.69. The quantitative estimate of drug-likeness (QED) is 0.862. The van der Waals surface area contributed by atoms with E-state index in [1.165, 1.54) is 11.1 Å². The van der Waals surface area contributed by atoms with E-state index < -0.39 is 5.97 Å². The van der Waals surface area contributed by atoms with Gasteiger partial charge in [0.25, 0.3) is 0 Å². The highest BCUT2D eigenvalue weighted by Gasteiger charge is 2.31. The molecule has 1 heterocycles. The van der Waals surface area contributed by atoms with Crippen molar-refractivity contribution < 1.29 is 14.4 Å². The van der Waals surface area contributed by atoms with Crippen LogP contribution in [0.25, 0.3) is 0 Å². The molecule has 0 radical (unpaired) electrons. The van der Waals surface area contributed by atoms with Crippen LogP contribution in [0.1, 0.15) is 28.8 Å². The Morgan fingerprint density at radius 3 is 3.06 bits per heavy atom. The average molecular weight is 230 g/mol. The first-order valence-corrected chi connectivity index (χ1v) is 5.36. The van der Waals surface area contributed by atoms with Crippen LogP contribution < -0.4 is 0 Å². The van der Waals surface area contributed by atoms with Crippen LogP contribution in [0.2, 0.25) is 0 Å². The molecule has 1 aromatic heterocycles. The molecule has 0 bridgehead atoms. The summed E-state index contributed by atoms with van der Waals surface area (Å²) in [7, 11) is 0. The average Bonchev–Trinajstić information content (AvgIpc) is 2.67. The predicted octanol–water partition coefficient (Wildman–Crippen LogP) is 1.38. The van der Waals surface area contributed by atoms with Crippen LogP contribution in [0.15, 0.2) is 28.8 Å². The molecule has 3 rings (SSSR count). The summed E-state index contributed by atoms with van der Waals surface area (Å²) >= 11 is 0. The molecule has 5 heteroatoms. The smallest absolute Gasteiger partial charge is 0.312 e. The Labute approximate surface area is 97.1 Å². The van der Waals surface area contributed by atoms with Gasteiger partial charge in [-0.2, -0.15) is 4.98 Å². The lowest BCUT2D eigenvalue weighted by atomic mass is 9.77. The third-order valence-corrected chi connectivity index (χ3v) is 2.95. The van der Waals surface area contributed by atoms with Gasteiger partial charge in [-0.15, -0.1) is 0 Å². The van der Waals surface area contributed by atoms with Crippen LogP contribution >= 0.6 is 0 Å². The molecule has 1 aliphatic carbocycles. The van der Waals surface area contributed by atoms with Crippen LogP contribution in [-0.4, -0.2) is 21.2 Å². The summed E-state index contributed by atoms with van der Waals surface area (Å²) in [6, 6.07) is 8.09. The number of benzene rings is 1. The highest BCUT2D eigenvalue weighted by atomic mass is 16.5. The van der Waals surface area contributed by atoms with Gasteiger partial charge in [-0.05, 0) is 17.5 Å². The number of aromatic nitrogens is 2. The number of hydrogen-bond acceptors (Lipinski definition) is 4. The van der Waals surface area contributed by atoms with Crippen LogP contribution in [0.4, 0.5) is 0 Å². The maximum absolute atomic E-state index is 10.5. The molecule has 0 spiro atoms. The molecule has 1 N–H and O–H groups in total. The van der Waals surface area contributed by atoms with Gasteiger partial charge >= 0.3 is 5.97 Å². The van der Waals surface area contributed by atoms with Gasteiger partial charge in [0.05, 0.1) is 5.92 Å². The van der Waals surface area contributed by atoms with E-state index >= 15 is 0 Å².